The van der Waals surface area contributed by atoms with E-state index < -0.39 is 12.7 Å². The molecule has 0 aromatic rings. The summed E-state index contributed by atoms with van der Waals surface area (Å²) in [6.07, 6.45) is -0.530. The van der Waals surface area contributed by atoms with E-state index in [1.807, 2.05) is 0 Å². The third kappa shape index (κ3) is 5.30. The van der Waals surface area contributed by atoms with Crippen molar-refractivity contribution >= 4 is 0 Å². The first-order chi connectivity index (χ1) is 8.67. The zero-order chi connectivity index (χ0) is 14.7. The summed E-state index contributed by atoms with van der Waals surface area (Å²) in [5.41, 5.74) is -0.345. The third-order valence-electron chi connectivity index (χ3n) is 4.32. The van der Waals surface area contributed by atoms with Crippen molar-refractivity contribution in [2.75, 3.05) is 19.7 Å². The fourth-order valence-corrected chi connectivity index (χ4v) is 2.82. The first-order valence-corrected chi connectivity index (χ1v) is 7.09. The monoisotopic (exact) mass is 281 g/mol. The van der Waals surface area contributed by atoms with Crippen LogP contribution in [0.5, 0.6) is 0 Å². The van der Waals surface area contributed by atoms with Crippen molar-refractivity contribution in [2.45, 2.75) is 58.7 Å². The molecule has 0 spiro atoms. The highest BCUT2D eigenvalue weighted by molar-refractivity contribution is 4.88. The van der Waals surface area contributed by atoms with Crippen molar-refractivity contribution in [3.05, 3.63) is 0 Å². The number of hydrogen-bond acceptors (Lipinski definition) is 2. The molecule has 1 N–H and O–H groups in total. The van der Waals surface area contributed by atoms with Crippen LogP contribution in [0.1, 0.15) is 46.5 Å². The minimum atomic E-state index is -4.18. The van der Waals surface area contributed by atoms with Crippen molar-refractivity contribution in [1.82, 2.24) is 4.90 Å². The number of rotatable bonds is 5. The largest absolute Gasteiger partial charge is 0.401 e. The van der Waals surface area contributed by atoms with E-state index in [0.717, 1.165) is 25.7 Å². The first-order valence-electron chi connectivity index (χ1n) is 7.09. The molecule has 2 nitrogen and oxygen atoms in total. The fraction of sp³-hybridized carbons (Fsp3) is 1.00. The van der Waals surface area contributed by atoms with E-state index in [9.17, 15) is 18.3 Å². The lowest BCUT2D eigenvalue weighted by molar-refractivity contribution is -0.155. The van der Waals surface area contributed by atoms with Crippen LogP contribution in [0.2, 0.25) is 0 Å². The molecule has 0 amide bonds. The predicted molar refractivity (Wildman–Crippen MR) is 69.9 cm³/mol. The van der Waals surface area contributed by atoms with Gasteiger partial charge in [0.05, 0.1) is 6.54 Å². The van der Waals surface area contributed by atoms with Crippen LogP contribution >= 0.6 is 0 Å². The highest BCUT2D eigenvalue weighted by Crippen LogP contribution is 2.39. The maximum absolute atomic E-state index is 12.6. The zero-order valence-corrected chi connectivity index (χ0v) is 12.1. The summed E-state index contributed by atoms with van der Waals surface area (Å²) in [5.74, 6) is 0.620. The summed E-state index contributed by atoms with van der Waals surface area (Å²) in [4.78, 5) is 1.45. The number of hydrogen-bond donors (Lipinski definition) is 1. The van der Waals surface area contributed by atoms with E-state index in [2.05, 4.69) is 6.92 Å². The van der Waals surface area contributed by atoms with Crippen LogP contribution in [0.15, 0.2) is 0 Å². The lowest BCUT2D eigenvalue weighted by atomic mass is 9.71. The fourth-order valence-electron chi connectivity index (χ4n) is 2.82. The SMILES string of the molecule is CC1CCC(CO)(CN(CC(F)(F)F)C(C)C)CC1. The van der Waals surface area contributed by atoms with Crippen LogP contribution in [0.25, 0.3) is 0 Å². The molecular weight excluding hydrogens is 255 g/mol. The quantitative estimate of drug-likeness (QED) is 0.834. The van der Waals surface area contributed by atoms with Crippen LogP contribution in [-0.4, -0.2) is 41.9 Å². The molecule has 1 aliphatic carbocycles. The second-order valence-electron chi connectivity index (χ2n) is 6.45. The van der Waals surface area contributed by atoms with Gasteiger partial charge in [0, 0.05) is 24.6 Å². The topological polar surface area (TPSA) is 23.5 Å². The van der Waals surface area contributed by atoms with Gasteiger partial charge in [0.15, 0.2) is 0 Å². The number of aliphatic hydroxyl groups excluding tert-OH is 1. The molecule has 114 valence electrons. The Morgan fingerprint density at radius 3 is 2.16 bits per heavy atom. The normalized spacial score (nSPS) is 29.2. The molecule has 0 saturated heterocycles. The number of alkyl halides is 3. The molecular formula is C14H26F3NO. The van der Waals surface area contributed by atoms with Gasteiger partial charge in [0.25, 0.3) is 0 Å². The number of aliphatic hydroxyl groups is 1. The van der Waals surface area contributed by atoms with Gasteiger partial charge < -0.3 is 5.11 Å². The molecule has 1 saturated carbocycles. The standard InChI is InChI=1S/C14H26F3NO/c1-11(2)18(9-14(15,16)17)8-13(10-19)6-4-12(3)5-7-13/h11-12,19H,4-10H2,1-3H3. The van der Waals surface area contributed by atoms with Crippen LogP contribution < -0.4 is 0 Å². The van der Waals surface area contributed by atoms with E-state index >= 15 is 0 Å². The molecule has 0 aromatic carbocycles. The van der Waals surface area contributed by atoms with Crippen molar-refractivity contribution in [1.29, 1.82) is 0 Å². The average Bonchev–Trinajstić information content (AvgIpc) is 2.30. The smallest absolute Gasteiger partial charge is 0.396 e. The molecule has 0 unspecified atom stereocenters. The van der Waals surface area contributed by atoms with Crippen molar-refractivity contribution < 1.29 is 18.3 Å². The highest BCUT2D eigenvalue weighted by Gasteiger charge is 2.39. The minimum absolute atomic E-state index is 0.0131. The average molecular weight is 281 g/mol. The van der Waals surface area contributed by atoms with E-state index in [1.54, 1.807) is 13.8 Å². The van der Waals surface area contributed by atoms with Gasteiger partial charge in [-0.2, -0.15) is 13.2 Å². The molecule has 1 aliphatic rings. The molecule has 0 aromatic heterocycles. The minimum Gasteiger partial charge on any atom is -0.396 e. The summed E-state index contributed by atoms with van der Waals surface area (Å²) < 4.78 is 37.8. The van der Waals surface area contributed by atoms with Gasteiger partial charge in [-0.15, -0.1) is 0 Å². The second kappa shape index (κ2) is 6.44. The van der Waals surface area contributed by atoms with Gasteiger partial charge >= 0.3 is 6.18 Å². The van der Waals surface area contributed by atoms with Gasteiger partial charge in [-0.05, 0) is 32.6 Å². The lowest BCUT2D eigenvalue weighted by Crippen LogP contribution is -2.48. The Labute approximate surface area is 114 Å². The van der Waals surface area contributed by atoms with Gasteiger partial charge in [-0.3, -0.25) is 4.90 Å². The Morgan fingerprint density at radius 1 is 1.26 bits per heavy atom. The summed E-state index contributed by atoms with van der Waals surface area (Å²) in [5, 5.41) is 9.65. The van der Waals surface area contributed by atoms with Crippen molar-refractivity contribution in [3.63, 3.8) is 0 Å². The summed E-state index contributed by atoms with van der Waals surface area (Å²) >= 11 is 0. The number of nitrogens with zero attached hydrogens (tertiary/aromatic N) is 1. The van der Waals surface area contributed by atoms with Crippen LogP contribution in [0, 0.1) is 11.3 Å². The van der Waals surface area contributed by atoms with Crippen molar-refractivity contribution in [3.8, 4) is 0 Å². The maximum Gasteiger partial charge on any atom is 0.401 e. The predicted octanol–water partition coefficient (Wildman–Crippen LogP) is 3.45. The summed E-state index contributed by atoms with van der Waals surface area (Å²) in [6, 6.07) is -0.163. The van der Waals surface area contributed by atoms with Gasteiger partial charge in [0.1, 0.15) is 0 Å². The lowest BCUT2D eigenvalue weighted by Gasteiger charge is -2.43. The van der Waals surface area contributed by atoms with Gasteiger partial charge in [-0.25, -0.2) is 0 Å². The van der Waals surface area contributed by atoms with E-state index in [-0.39, 0.29) is 18.1 Å². The summed E-state index contributed by atoms with van der Waals surface area (Å²) in [7, 11) is 0. The van der Waals surface area contributed by atoms with E-state index in [4.69, 9.17) is 0 Å². The molecule has 19 heavy (non-hydrogen) atoms. The molecule has 0 bridgehead atoms. The Morgan fingerprint density at radius 2 is 1.79 bits per heavy atom. The molecule has 0 atom stereocenters. The zero-order valence-electron chi connectivity index (χ0n) is 12.1. The third-order valence-corrected chi connectivity index (χ3v) is 4.32. The second-order valence-corrected chi connectivity index (χ2v) is 6.45. The van der Waals surface area contributed by atoms with Gasteiger partial charge in [-0.1, -0.05) is 19.8 Å². The van der Waals surface area contributed by atoms with Crippen LogP contribution in [0.4, 0.5) is 13.2 Å². The molecule has 5 heteroatoms. The van der Waals surface area contributed by atoms with Crippen LogP contribution in [-0.2, 0) is 0 Å². The summed E-state index contributed by atoms with van der Waals surface area (Å²) in [6.45, 7) is 5.16. The molecule has 1 fully saturated rings. The maximum atomic E-state index is 12.6. The van der Waals surface area contributed by atoms with Crippen LogP contribution in [0.3, 0.4) is 0 Å². The first kappa shape index (κ1) is 16.8. The Hall–Kier alpha value is -0.290. The molecule has 0 radical (unpaired) electrons. The molecule has 0 aliphatic heterocycles. The van der Waals surface area contributed by atoms with E-state index in [0.29, 0.717) is 12.5 Å². The van der Waals surface area contributed by atoms with E-state index in [1.165, 1.54) is 4.90 Å². The molecule has 1 rings (SSSR count). The van der Waals surface area contributed by atoms with Gasteiger partial charge in [0.2, 0.25) is 0 Å². The van der Waals surface area contributed by atoms with Crippen molar-refractivity contribution in [2.24, 2.45) is 11.3 Å². The number of halogens is 3. The Kier molecular flexibility index (Phi) is 5.68. The molecule has 0 heterocycles. The highest BCUT2D eigenvalue weighted by atomic mass is 19.4. The Balaban J connectivity index is 2.70. The Bertz CT molecular complexity index is 270.